The van der Waals surface area contributed by atoms with E-state index in [1.165, 1.54) is 5.57 Å². The quantitative estimate of drug-likeness (QED) is 0.691. The number of carbonyl (C=O) groups is 1. The van der Waals surface area contributed by atoms with Crippen molar-refractivity contribution in [2.75, 3.05) is 0 Å². The van der Waals surface area contributed by atoms with E-state index in [9.17, 15) is 4.79 Å². The highest BCUT2D eigenvalue weighted by atomic mass is 16.1. The maximum Gasteiger partial charge on any atom is 0.217 e. The molecule has 1 aliphatic rings. The molecule has 0 aromatic rings. The smallest absolute Gasteiger partial charge is 0.217 e. The third kappa shape index (κ3) is 3.05. The summed E-state index contributed by atoms with van der Waals surface area (Å²) in [6, 6.07) is 0.334. The van der Waals surface area contributed by atoms with Crippen molar-refractivity contribution in [2.24, 2.45) is 0 Å². The van der Waals surface area contributed by atoms with E-state index < -0.39 is 0 Å². The van der Waals surface area contributed by atoms with Gasteiger partial charge >= 0.3 is 0 Å². The topological polar surface area (TPSA) is 29.1 Å². The SMILES string of the molecule is C=C(C)C1=CCC(NC(C)=O)CC1. The Balaban J connectivity index is 2.46. The lowest BCUT2D eigenvalue weighted by molar-refractivity contribution is -0.119. The standard InChI is InChI=1S/C11H17NO/c1-8(2)10-4-6-11(7-5-10)12-9(3)13/h4,11H,1,5-7H2,2-3H3,(H,12,13). The molecule has 0 fully saturated rings. The molecule has 13 heavy (non-hydrogen) atoms. The molecule has 0 aliphatic heterocycles. The Morgan fingerprint density at radius 3 is 2.69 bits per heavy atom. The predicted molar refractivity (Wildman–Crippen MR) is 54.4 cm³/mol. The first-order chi connectivity index (χ1) is 6.09. The van der Waals surface area contributed by atoms with Crippen molar-refractivity contribution >= 4 is 5.91 Å². The van der Waals surface area contributed by atoms with Crippen LogP contribution in [0.4, 0.5) is 0 Å². The van der Waals surface area contributed by atoms with E-state index >= 15 is 0 Å². The van der Waals surface area contributed by atoms with Gasteiger partial charge in [0, 0.05) is 13.0 Å². The molecule has 72 valence electrons. The fraction of sp³-hybridized carbons (Fsp3) is 0.545. The molecule has 0 saturated heterocycles. The van der Waals surface area contributed by atoms with Crippen molar-refractivity contribution in [1.82, 2.24) is 5.32 Å². The number of hydrogen-bond acceptors (Lipinski definition) is 1. The van der Waals surface area contributed by atoms with Crippen molar-refractivity contribution in [1.29, 1.82) is 0 Å². The minimum Gasteiger partial charge on any atom is -0.353 e. The van der Waals surface area contributed by atoms with Gasteiger partial charge in [0.15, 0.2) is 0 Å². The van der Waals surface area contributed by atoms with Crippen LogP contribution in [-0.4, -0.2) is 11.9 Å². The zero-order valence-corrected chi connectivity index (χ0v) is 8.39. The molecular weight excluding hydrogens is 162 g/mol. The van der Waals surface area contributed by atoms with E-state index in [1.807, 2.05) is 6.92 Å². The molecule has 2 heteroatoms. The first-order valence-electron chi connectivity index (χ1n) is 4.71. The highest BCUT2D eigenvalue weighted by Crippen LogP contribution is 2.22. The minimum absolute atomic E-state index is 0.0668. The van der Waals surface area contributed by atoms with Gasteiger partial charge < -0.3 is 5.32 Å². The van der Waals surface area contributed by atoms with Gasteiger partial charge in [-0.05, 0) is 31.8 Å². The second-order valence-corrected chi connectivity index (χ2v) is 3.68. The Hall–Kier alpha value is -1.05. The van der Waals surface area contributed by atoms with Crippen LogP contribution in [-0.2, 0) is 4.79 Å². The lowest BCUT2D eigenvalue weighted by atomic mass is 9.92. The Morgan fingerprint density at radius 2 is 2.31 bits per heavy atom. The molecule has 0 spiro atoms. The van der Waals surface area contributed by atoms with Crippen LogP contribution in [0.1, 0.15) is 33.1 Å². The largest absolute Gasteiger partial charge is 0.353 e. The number of nitrogens with one attached hydrogen (secondary N) is 1. The van der Waals surface area contributed by atoms with Crippen LogP contribution in [0.3, 0.4) is 0 Å². The molecule has 0 aromatic heterocycles. The van der Waals surface area contributed by atoms with E-state index in [0.29, 0.717) is 6.04 Å². The monoisotopic (exact) mass is 179 g/mol. The third-order valence-corrected chi connectivity index (χ3v) is 2.37. The van der Waals surface area contributed by atoms with E-state index in [2.05, 4.69) is 18.0 Å². The molecular formula is C11H17NO. The van der Waals surface area contributed by atoms with Crippen molar-refractivity contribution in [3.05, 3.63) is 23.8 Å². The minimum atomic E-state index is 0.0668. The van der Waals surface area contributed by atoms with Crippen LogP contribution in [0.25, 0.3) is 0 Å². The molecule has 0 saturated carbocycles. The Kier molecular flexibility index (Phi) is 3.29. The van der Waals surface area contributed by atoms with Crippen LogP contribution in [0.15, 0.2) is 23.8 Å². The molecule has 1 N–H and O–H groups in total. The van der Waals surface area contributed by atoms with Gasteiger partial charge in [-0.15, -0.1) is 0 Å². The van der Waals surface area contributed by atoms with E-state index in [0.717, 1.165) is 24.8 Å². The maximum atomic E-state index is 10.8. The summed E-state index contributed by atoms with van der Waals surface area (Å²) in [4.78, 5) is 10.8. The van der Waals surface area contributed by atoms with Gasteiger partial charge in [0.1, 0.15) is 0 Å². The summed E-state index contributed by atoms with van der Waals surface area (Å²) in [7, 11) is 0. The fourth-order valence-corrected chi connectivity index (χ4v) is 1.64. The average molecular weight is 179 g/mol. The molecule has 0 radical (unpaired) electrons. The molecule has 2 nitrogen and oxygen atoms in total. The summed E-state index contributed by atoms with van der Waals surface area (Å²) >= 11 is 0. The number of amides is 1. The number of hydrogen-bond donors (Lipinski definition) is 1. The van der Waals surface area contributed by atoms with Crippen molar-refractivity contribution in [2.45, 2.75) is 39.2 Å². The fourth-order valence-electron chi connectivity index (χ4n) is 1.64. The molecule has 0 aromatic carbocycles. The summed E-state index contributed by atoms with van der Waals surface area (Å²) in [6.45, 7) is 7.51. The zero-order chi connectivity index (χ0) is 9.84. The Bertz CT molecular complexity index is 253. The highest BCUT2D eigenvalue weighted by Gasteiger charge is 2.14. The Morgan fingerprint density at radius 1 is 1.62 bits per heavy atom. The van der Waals surface area contributed by atoms with Gasteiger partial charge in [-0.3, -0.25) is 4.79 Å². The highest BCUT2D eigenvalue weighted by molar-refractivity contribution is 5.73. The van der Waals surface area contributed by atoms with Gasteiger partial charge in [-0.25, -0.2) is 0 Å². The molecule has 1 rings (SSSR count). The van der Waals surface area contributed by atoms with Crippen molar-refractivity contribution in [3.63, 3.8) is 0 Å². The third-order valence-electron chi connectivity index (χ3n) is 2.37. The van der Waals surface area contributed by atoms with Crippen LogP contribution in [0.2, 0.25) is 0 Å². The molecule has 1 amide bonds. The lowest BCUT2D eigenvalue weighted by Crippen LogP contribution is -2.34. The second-order valence-electron chi connectivity index (χ2n) is 3.68. The maximum absolute atomic E-state index is 10.8. The first-order valence-corrected chi connectivity index (χ1v) is 4.71. The van der Waals surface area contributed by atoms with Crippen molar-refractivity contribution in [3.8, 4) is 0 Å². The van der Waals surface area contributed by atoms with E-state index in [-0.39, 0.29) is 5.91 Å². The van der Waals surface area contributed by atoms with E-state index in [1.54, 1.807) is 6.92 Å². The van der Waals surface area contributed by atoms with Crippen LogP contribution in [0.5, 0.6) is 0 Å². The van der Waals surface area contributed by atoms with Gasteiger partial charge in [-0.1, -0.05) is 18.2 Å². The van der Waals surface area contributed by atoms with Gasteiger partial charge in [-0.2, -0.15) is 0 Å². The summed E-state index contributed by atoms with van der Waals surface area (Å²) in [5.74, 6) is 0.0668. The summed E-state index contributed by atoms with van der Waals surface area (Å²) < 4.78 is 0. The van der Waals surface area contributed by atoms with E-state index in [4.69, 9.17) is 0 Å². The summed E-state index contributed by atoms with van der Waals surface area (Å²) in [6.07, 6.45) is 5.22. The molecule has 1 atom stereocenters. The van der Waals surface area contributed by atoms with Gasteiger partial charge in [0.05, 0.1) is 0 Å². The number of carbonyl (C=O) groups excluding carboxylic acids is 1. The number of rotatable bonds is 2. The summed E-state index contributed by atoms with van der Waals surface area (Å²) in [5.41, 5.74) is 2.50. The molecule has 1 aliphatic carbocycles. The first kappa shape index (κ1) is 10.0. The molecule has 0 heterocycles. The molecule has 0 bridgehead atoms. The summed E-state index contributed by atoms with van der Waals surface area (Å²) in [5, 5.41) is 2.93. The lowest BCUT2D eigenvalue weighted by Gasteiger charge is -2.22. The predicted octanol–water partition coefficient (Wildman–Crippen LogP) is 2.18. The van der Waals surface area contributed by atoms with Gasteiger partial charge in [0.2, 0.25) is 5.91 Å². The van der Waals surface area contributed by atoms with Crippen LogP contribution < -0.4 is 5.32 Å². The van der Waals surface area contributed by atoms with Crippen molar-refractivity contribution < 1.29 is 4.79 Å². The zero-order valence-electron chi connectivity index (χ0n) is 8.39. The second kappa shape index (κ2) is 4.26. The van der Waals surface area contributed by atoms with Gasteiger partial charge in [0.25, 0.3) is 0 Å². The van der Waals surface area contributed by atoms with Crippen LogP contribution in [0, 0.1) is 0 Å². The average Bonchev–Trinajstić information content (AvgIpc) is 2.04. The number of allylic oxidation sites excluding steroid dienone is 2. The van der Waals surface area contributed by atoms with Crippen LogP contribution >= 0.6 is 0 Å². The Labute approximate surface area is 79.7 Å². The normalized spacial score (nSPS) is 22.0. The molecule has 1 unspecified atom stereocenters.